The number of aryl methyl sites for hydroxylation is 1. The monoisotopic (exact) mass is 421 g/mol. The Morgan fingerprint density at radius 3 is 2.83 bits per heavy atom. The minimum absolute atomic E-state index is 0.334. The molecule has 0 spiro atoms. The van der Waals surface area contributed by atoms with Crippen molar-refractivity contribution in [3.63, 3.8) is 0 Å². The van der Waals surface area contributed by atoms with Gasteiger partial charge in [0, 0.05) is 24.3 Å². The number of aromatic nitrogens is 3. The molecule has 1 unspecified atom stereocenters. The summed E-state index contributed by atoms with van der Waals surface area (Å²) in [6.45, 7) is 2.34. The van der Waals surface area contributed by atoms with Gasteiger partial charge in [-0.15, -0.1) is 10.2 Å². The molecule has 0 amide bonds. The first-order chi connectivity index (χ1) is 14.6. The van der Waals surface area contributed by atoms with Crippen LogP contribution in [0.4, 0.5) is 0 Å². The molecule has 5 rings (SSSR count). The molecule has 2 aromatic carbocycles. The first-order valence-electron chi connectivity index (χ1n) is 9.52. The maximum Gasteiger partial charge on any atom is 0.336 e. The van der Waals surface area contributed by atoms with Crippen LogP contribution in [0, 0.1) is 6.92 Å². The zero-order valence-corrected chi connectivity index (χ0v) is 17.3. The zero-order valence-electron chi connectivity index (χ0n) is 16.5. The first kappa shape index (κ1) is 18.7. The predicted octanol–water partition coefficient (Wildman–Crippen LogP) is 4.03. The molecule has 152 valence electrons. The quantitative estimate of drug-likeness (QED) is 0.363. The maximum absolute atomic E-state index is 12.0. The Kier molecular flexibility index (Phi) is 4.71. The van der Waals surface area contributed by atoms with Gasteiger partial charge in [-0.3, -0.25) is 0 Å². The number of hydrogen-bond acceptors (Lipinski definition) is 7. The summed E-state index contributed by atoms with van der Waals surface area (Å²) in [6.07, 6.45) is -0.334. The van der Waals surface area contributed by atoms with E-state index in [-0.39, 0.29) is 11.7 Å². The van der Waals surface area contributed by atoms with Crippen LogP contribution in [-0.4, -0.2) is 21.4 Å². The molecule has 7 nitrogen and oxygen atoms in total. The Morgan fingerprint density at radius 2 is 1.97 bits per heavy atom. The van der Waals surface area contributed by atoms with E-state index in [2.05, 4.69) is 10.2 Å². The molecule has 1 aliphatic heterocycles. The molecule has 8 heteroatoms. The van der Waals surface area contributed by atoms with E-state index in [1.165, 1.54) is 17.8 Å². The van der Waals surface area contributed by atoms with E-state index in [0.717, 1.165) is 27.4 Å². The van der Waals surface area contributed by atoms with Crippen molar-refractivity contribution >= 4 is 22.7 Å². The Hall–Kier alpha value is -3.26. The average Bonchev–Trinajstić information content (AvgIpc) is 3.11. The molecule has 0 bridgehead atoms. The Morgan fingerprint density at radius 1 is 1.13 bits per heavy atom. The number of thioether (sulfide) groups is 1. The van der Waals surface area contributed by atoms with Crippen LogP contribution in [0.1, 0.15) is 23.1 Å². The Bertz CT molecular complexity index is 1300. The lowest BCUT2D eigenvalue weighted by molar-refractivity contribution is 0.0825. The first-order valence-corrected chi connectivity index (χ1v) is 10.5. The Balaban J connectivity index is 1.37. The standard InChI is InChI=1S/C22H19N3O4S/c1-13-7-8-15-14(10-20(26)29-18(15)9-13)12-30-22-24-23-21(25(22)2)19-11-27-16-5-3-4-6-17(16)28-19/h3-10,19H,11-12H2,1-2H3. The molecule has 4 aromatic rings. The largest absolute Gasteiger partial charge is 0.485 e. The van der Waals surface area contributed by atoms with Crippen molar-refractivity contribution in [2.45, 2.75) is 23.9 Å². The Labute approximate surface area is 176 Å². The zero-order chi connectivity index (χ0) is 20.7. The van der Waals surface area contributed by atoms with Crippen LogP contribution in [0.25, 0.3) is 11.0 Å². The van der Waals surface area contributed by atoms with Crippen LogP contribution in [-0.2, 0) is 12.8 Å². The summed E-state index contributed by atoms with van der Waals surface area (Å²) >= 11 is 1.51. The van der Waals surface area contributed by atoms with Crippen molar-refractivity contribution in [2.75, 3.05) is 6.61 Å². The van der Waals surface area contributed by atoms with Crippen LogP contribution in [0.2, 0.25) is 0 Å². The van der Waals surface area contributed by atoms with Gasteiger partial charge in [0.25, 0.3) is 0 Å². The van der Waals surface area contributed by atoms with Crippen molar-refractivity contribution in [2.24, 2.45) is 7.05 Å². The summed E-state index contributed by atoms with van der Waals surface area (Å²) in [5, 5.41) is 10.3. The van der Waals surface area contributed by atoms with Crippen molar-refractivity contribution in [1.82, 2.24) is 14.8 Å². The van der Waals surface area contributed by atoms with E-state index >= 15 is 0 Å². The second-order valence-electron chi connectivity index (χ2n) is 7.14. The fourth-order valence-corrected chi connectivity index (χ4v) is 4.39. The molecule has 1 aliphatic rings. The summed E-state index contributed by atoms with van der Waals surface area (Å²) in [5.41, 5.74) is 2.20. The third kappa shape index (κ3) is 3.43. The highest BCUT2D eigenvalue weighted by Crippen LogP contribution is 2.36. The number of para-hydroxylation sites is 2. The predicted molar refractivity (Wildman–Crippen MR) is 113 cm³/mol. The molecular weight excluding hydrogens is 402 g/mol. The number of benzene rings is 2. The van der Waals surface area contributed by atoms with Gasteiger partial charge in [-0.2, -0.15) is 0 Å². The number of rotatable bonds is 4. The SMILES string of the molecule is Cc1ccc2c(CSc3nnc(C4COc5ccccc5O4)n3C)cc(=O)oc2c1. The van der Waals surface area contributed by atoms with Crippen LogP contribution >= 0.6 is 11.8 Å². The second-order valence-corrected chi connectivity index (χ2v) is 8.09. The molecule has 0 saturated heterocycles. The van der Waals surface area contributed by atoms with Gasteiger partial charge in [0.2, 0.25) is 0 Å². The highest BCUT2D eigenvalue weighted by molar-refractivity contribution is 7.98. The molecule has 0 radical (unpaired) electrons. The maximum atomic E-state index is 12.0. The summed E-state index contributed by atoms with van der Waals surface area (Å²) in [5.74, 6) is 2.70. The van der Waals surface area contributed by atoms with E-state index in [9.17, 15) is 4.79 Å². The third-order valence-corrected chi connectivity index (χ3v) is 6.08. The summed E-state index contributed by atoms with van der Waals surface area (Å²) in [6, 6.07) is 15.0. The van der Waals surface area contributed by atoms with Gasteiger partial charge in [-0.05, 0) is 36.2 Å². The van der Waals surface area contributed by atoms with Gasteiger partial charge in [-0.1, -0.05) is 36.0 Å². The van der Waals surface area contributed by atoms with Gasteiger partial charge in [-0.25, -0.2) is 4.79 Å². The number of ether oxygens (including phenoxy) is 2. The fraction of sp³-hybridized carbons (Fsp3) is 0.227. The number of nitrogens with zero attached hydrogens (tertiary/aromatic N) is 3. The smallest absolute Gasteiger partial charge is 0.336 e. The fourth-order valence-electron chi connectivity index (χ4n) is 3.48. The number of hydrogen-bond donors (Lipinski definition) is 0. The lowest BCUT2D eigenvalue weighted by atomic mass is 10.1. The normalized spacial score (nSPS) is 15.5. The van der Waals surface area contributed by atoms with Crippen LogP contribution in [0.5, 0.6) is 11.5 Å². The lowest BCUT2D eigenvalue weighted by Gasteiger charge is -2.25. The van der Waals surface area contributed by atoms with E-state index in [1.807, 2.05) is 61.0 Å². The van der Waals surface area contributed by atoms with Gasteiger partial charge in [0.05, 0.1) is 0 Å². The molecule has 3 heterocycles. The summed E-state index contributed by atoms with van der Waals surface area (Å²) in [4.78, 5) is 12.0. The highest BCUT2D eigenvalue weighted by atomic mass is 32.2. The second kappa shape index (κ2) is 7.53. The molecular formula is C22H19N3O4S. The van der Waals surface area contributed by atoms with E-state index in [0.29, 0.717) is 29.5 Å². The molecule has 2 aromatic heterocycles. The lowest BCUT2D eigenvalue weighted by Crippen LogP contribution is -2.24. The van der Waals surface area contributed by atoms with Crippen molar-refractivity contribution in [3.05, 3.63) is 75.9 Å². The highest BCUT2D eigenvalue weighted by Gasteiger charge is 2.27. The van der Waals surface area contributed by atoms with Gasteiger partial charge in [0.1, 0.15) is 12.2 Å². The number of fused-ring (bicyclic) bond motifs is 2. The minimum atomic E-state index is -0.353. The van der Waals surface area contributed by atoms with Crippen LogP contribution < -0.4 is 15.1 Å². The van der Waals surface area contributed by atoms with Crippen molar-refractivity contribution < 1.29 is 13.9 Å². The average molecular weight is 421 g/mol. The molecule has 0 fully saturated rings. The van der Waals surface area contributed by atoms with E-state index in [4.69, 9.17) is 13.9 Å². The van der Waals surface area contributed by atoms with E-state index in [1.54, 1.807) is 0 Å². The molecule has 0 saturated carbocycles. The topological polar surface area (TPSA) is 79.4 Å². The molecule has 1 atom stereocenters. The molecule has 0 aliphatic carbocycles. The summed E-state index contributed by atoms with van der Waals surface area (Å²) < 4.78 is 19.1. The van der Waals surface area contributed by atoms with Gasteiger partial charge >= 0.3 is 5.63 Å². The molecule has 0 N–H and O–H groups in total. The van der Waals surface area contributed by atoms with Crippen molar-refractivity contribution in [1.29, 1.82) is 0 Å². The van der Waals surface area contributed by atoms with Crippen LogP contribution in [0.3, 0.4) is 0 Å². The van der Waals surface area contributed by atoms with E-state index < -0.39 is 0 Å². The van der Waals surface area contributed by atoms with Crippen molar-refractivity contribution in [3.8, 4) is 11.5 Å². The molecule has 30 heavy (non-hydrogen) atoms. The van der Waals surface area contributed by atoms with Crippen LogP contribution in [0.15, 0.2) is 62.9 Å². The van der Waals surface area contributed by atoms with Gasteiger partial charge in [0.15, 0.2) is 28.6 Å². The van der Waals surface area contributed by atoms with Gasteiger partial charge < -0.3 is 18.5 Å². The third-order valence-electron chi connectivity index (χ3n) is 5.01. The summed E-state index contributed by atoms with van der Waals surface area (Å²) in [7, 11) is 1.91. The minimum Gasteiger partial charge on any atom is -0.485 e.